The van der Waals surface area contributed by atoms with Gasteiger partial charge in [-0.1, -0.05) is 63.8 Å². The third-order valence-corrected chi connectivity index (χ3v) is 12.6. The predicted octanol–water partition coefficient (Wildman–Crippen LogP) is 8.36. The van der Waals surface area contributed by atoms with Crippen molar-refractivity contribution in [2.75, 3.05) is 0 Å². The SMILES string of the molecule is CC1=C(C2=C(C)C3CC(C2C2=C(C)C4CC(C2)C4(C)C)C3(C)C)CC2CC1C2(C)C. The summed E-state index contributed by atoms with van der Waals surface area (Å²) in [5.41, 5.74) is 12.6. The van der Waals surface area contributed by atoms with Crippen LogP contribution in [-0.2, 0) is 0 Å². The molecule has 0 spiro atoms. The number of rotatable bonds is 2. The quantitative estimate of drug-likeness (QED) is 0.405. The fourth-order valence-corrected chi connectivity index (χ4v) is 9.89. The molecule has 0 nitrogen and oxygen atoms in total. The normalized spacial score (nSPS) is 46.9. The molecule has 0 aromatic heterocycles. The summed E-state index contributed by atoms with van der Waals surface area (Å²) in [4.78, 5) is 0. The second-order valence-electron chi connectivity index (χ2n) is 14.2. The van der Waals surface area contributed by atoms with Crippen molar-refractivity contribution in [1.82, 2.24) is 0 Å². The fraction of sp³-hybridized carbons (Fsp3) is 0.800. The standard InChI is InChI=1S/C30H44/c1-15-20(10-18-12-22(15)28(18,4)5)26-17(3)24-14-25(30(24,8)9)27(26)21-11-19-13-23(16(21)2)29(19,6)7/h18-19,22-25,27H,10-14H2,1-9H3. The number of hydrogen-bond acceptors (Lipinski definition) is 0. The highest BCUT2D eigenvalue weighted by molar-refractivity contribution is 5.54. The van der Waals surface area contributed by atoms with Crippen LogP contribution in [0.25, 0.3) is 0 Å². The minimum absolute atomic E-state index is 0.494. The molecule has 3 saturated carbocycles. The Balaban J connectivity index is 1.50. The second-order valence-corrected chi connectivity index (χ2v) is 14.2. The van der Waals surface area contributed by atoms with E-state index in [4.69, 9.17) is 0 Å². The zero-order chi connectivity index (χ0) is 21.5. The van der Waals surface area contributed by atoms with Crippen LogP contribution in [-0.4, -0.2) is 0 Å². The Morgan fingerprint density at radius 1 is 0.600 bits per heavy atom. The van der Waals surface area contributed by atoms with Crippen LogP contribution >= 0.6 is 0 Å². The van der Waals surface area contributed by atoms with Crippen LogP contribution in [0.3, 0.4) is 0 Å². The maximum atomic E-state index is 2.59. The third kappa shape index (κ3) is 2.06. The zero-order valence-electron chi connectivity index (χ0n) is 21.1. The van der Waals surface area contributed by atoms with E-state index in [1.165, 1.54) is 32.1 Å². The molecular weight excluding hydrogens is 360 g/mol. The summed E-state index contributed by atoms with van der Waals surface area (Å²) in [5.74, 6) is 5.97. The van der Waals surface area contributed by atoms with Crippen LogP contribution in [0.2, 0.25) is 0 Å². The summed E-state index contributed by atoms with van der Waals surface area (Å²) in [6, 6.07) is 0. The lowest BCUT2D eigenvalue weighted by molar-refractivity contribution is -0.0524. The van der Waals surface area contributed by atoms with Crippen molar-refractivity contribution in [2.24, 2.45) is 57.7 Å². The van der Waals surface area contributed by atoms with E-state index in [0.29, 0.717) is 16.2 Å². The highest BCUT2D eigenvalue weighted by atomic mass is 14.7. The molecule has 9 aliphatic rings. The first-order valence-electron chi connectivity index (χ1n) is 13.0. The summed E-state index contributed by atoms with van der Waals surface area (Å²) in [5, 5.41) is 0. The van der Waals surface area contributed by atoms with Crippen molar-refractivity contribution in [1.29, 1.82) is 0 Å². The molecule has 30 heavy (non-hydrogen) atoms. The average Bonchev–Trinajstić information content (AvgIpc) is 2.66. The minimum atomic E-state index is 0.494. The molecule has 0 aliphatic heterocycles. The van der Waals surface area contributed by atoms with Crippen molar-refractivity contribution in [3.63, 3.8) is 0 Å². The summed E-state index contributed by atoms with van der Waals surface area (Å²) in [6.45, 7) is 22.9. The van der Waals surface area contributed by atoms with Gasteiger partial charge in [-0.3, -0.25) is 0 Å². The molecule has 7 atom stereocenters. The van der Waals surface area contributed by atoms with Crippen LogP contribution in [0, 0.1) is 57.7 Å². The summed E-state index contributed by atoms with van der Waals surface area (Å²) < 4.78 is 0. The van der Waals surface area contributed by atoms with E-state index in [0.717, 1.165) is 41.4 Å². The van der Waals surface area contributed by atoms with Crippen LogP contribution in [0.1, 0.15) is 94.4 Å². The number of fused-ring (bicyclic) bond motifs is 5. The van der Waals surface area contributed by atoms with Gasteiger partial charge in [-0.25, -0.2) is 0 Å². The van der Waals surface area contributed by atoms with Crippen molar-refractivity contribution in [3.05, 3.63) is 33.4 Å². The highest BCUT2D eigenvalue weighted by Crippen LogP contribution is 2.71. The first-order valence-corrected chi connectivity index (χ1v) is 13.0. The topological polar surface area (TPSA) is 0 Å². The smallest absolute Gasteiger partial charge is 0.00870 e. The molecule has 0 radical (unpaired) electrons. The van der Waals surface area contributed by atoms with E-state index in [2.05, 4.69) is 62.3 Å². The lowest BCUT2D eigenvalue weighted by Crippen LogP contribution is -2.57. The van der Waals surface area contributed by atoms with Gasteiger partial charge in [0.1, 0.15) is 0 Å². The fourth-order valence-electron chi connectivity index (χ4n) is 9.89. The maximum absolute atomic E-state index is 2.59. The van der Waals surface area contributed by atoms with Gasteiger partial charge in [0.2, 0.25) is 0 Å². The van der Waals surface area contributed by atoms with Gasteiger partial charge in [0.15, 0.2) is 0 Å². The van der Waals surface area contributed by atoms with Crippen molar-refractivity contribution in [2.45, 2.75) is 94.4 Å². The Morgan fingerprint density at radius 3 is 1.63 bits per heavy atom. The number of hydrogen-bond donors (Lipinski definition) is 0. The van der Waals surface area contributed by atoms with Gasteiger partial charge in [-0.2, -0.15) is 0 Å². The van der Waals surface area contributed by atoms with E-state index in [9.17, 15) is 0 Å². The molecule has 164 valence electrons. The van der Waals surface area contributed by atoms with Gasteiger partial charge in [0, 0.05) is 5.92 Å². The van der Waals surface area contributed by atoms with E-state index in [1.807, 2.05) is 16.7 Å². The molecule has 9 rings (SSSR count). The van der Waals surface area contributed by atoms with Crippen LogP contribution in [0.5, 0.6) is 0 Å². The Bertz CT molecular complexity index is 929. The molecular formula is C30H44. The molecule has 7 unspecified atom stereocenters. The Hall–Kier alpha value is -0.780. The van der Waals surface area contributed by atoms with Gasteiger partial charge in [0.25, 0.3) is 0 Å². The molecule has 3 fully saturated rings. The monoisotopic (exact) mass is 404 g/mol. The van der Waals surface area contributed by atoms with Crippen LogP contribution < -0.4 is 0 Å². The minimum Gasteiger partial charge on any atom is -0.0698 e. The van der Waals surface area contributed by atoms with E-state index in [1.54, 1.807) is 16.7 Å². The lowest BCUT2D eigenvalue weighted by Gasteiger charge is -2.66. The average molecular weight is 405 g/mol. The van der Waals surface area contributed by atoms with Gasteiger partial charge in [-0.05, 0) is 116 Å². The molecule has 6 bridgehead atoms. The van der Waals surface area contributed by atoms with Gasteiger partial charge in [0.05, 0.1) is 0 Å². The van der Waals surface area contributed by atoms with Crippen molar-refractivity contribution >= 4 is 0 Å². The lowest BCUT2D eigenvalue weighted by atomic mass is 9.39. The van der Waals surface area contributed by atoms with Gasteiger partial charge in [-0.15, -0.1) is 0 Å². The van der Waals surface area contributed by atoms with Crippen molar-refractivity contribution in [3.8, 4) is 0 Å². The molecule has 0 aromatic carbocycles. The van der Waals surface area contributed by atoms with Gasteiger partial charge < -0.3 is 0 Å². The molecule has 0 saturated heterocycles. The van der Waals surface area contributed by atoms with Crippen molar-refractivity contribution < 1.29 is 0 Å². The zero-order valence-corrected chi connectivity index (χ0v) is 21.1. The molecule has 0 aromatic rings. The first-order chi connectivity index (χ1) is 13.9. The molecule has 0 heteroatoms. The highest BCUT2D eigenvalue weighted by Gasteiger charge is 2.62. The van der Waals surface area contributed by atoms with E-state index < -0.39 is 0 Å². The Kier molecular flexibility index (Phi) is 3.70. The third-order valence-electron chi connectivity index (χ3n) is 12.6. The molecule has 0 heterocycles. The summed E-state index contributed by atoms with van der Waals surface area (Å²) in [7, 11) is 0. The summed E-state index contributed by atoms with van der Waals surface area (Å²) >= 11 is 0. The maximum Gasteiger partial charge on any atom is 0.00870 e. The first kappa shape index (κ1) is 19.9. The molecule has 0 N–H and O–H groups in total. The molecule has 9 aliphatic carbocycles. The van der Waals surface area contributed by atoms with E-state index in [-0.39, 0.29) is 0 Å². The van der Waals surface area contributed by atoms with Crippen LogP contribution in [0.4, 0.5) is 0 Å². The van der Waals surface area contributed by atoms with Crippen LogP contribution in [0.15, 0.2) is 33.4 Å². The second kappa shape index (κ2) is 5.58. The Labute approximate surface area is 185 Å². The predicted molar refractivity (Wildman–Crippen MR) is 127 cm³/mol. The Morgan fingerprint density at radius 2 is 1.13 bits per heavy atom. The van der Waals surface area contributed by atoms with E-state index >= 15 is 0 Å². The summed E-state index contributed by atoms with van der Waals surface area (Å²) in [6.07, 6.45) is 7.12. The van der Waals surface area contributed by atoms with Gasteiger partial charge >= 0.3 is 0 Å². The number of allylic oxidation sites excluding steroid dienone is 6. The molecule has 0 amide bonds. The largest absolute Gasteiger partial charge is 0.0698 e.